The van der Waals surface area contributed by atoms with E-state index in [-0.39, 0.29) is 35.1 Å². The van der Waals surface area contributed by atoms with Crippen LogP contribution in [0.3, 0.4) is 0 Å². The van der Waals surface area contributed by atoms with Gasteiger partial charge in [-0.05, 0) is 42.4 Å². The number of nitrogens with one attached hydrogen (secondary N) is 1. The van der Waals surface area contributed by atoms with Crippen LogP contribution in [0.15, 0.2) is 29.2 Å². The number of likely N-dealkylation sites (tertiary alicyclic amines) is 1. The molecular weight excluding hydrogens is 390 g/mol. The zero-order chi connectivity index (χ0) is 21.2. The number of nitrogens with zero attached hydrogens (tertiary/aromatic N) is 1. The van der Waals surface area contributed by atoms with E-state index >= 15 is 0 Å². The average molecular weight is 422 g/mol. The minimum absolute atomic E-state index is 0.0705. The van der Waals surface area contributed by atoms with Crippen LogP contribution in [0.2, 0.25) is 0 Å². The fraction of sp³-hybridized carbons (Fsp3) is 0.619. The fourth-order valence-corrected chi connectivity index (χ4v) is 5.06. The largest absolute Gasteiger partial charge is 0.355 e. The van der Waals surface area contributed by atoms with Gasteiger partial charge in [-0.3, -0.25) is 9.59 Å². The molecule has 2 fully saturated rings. The molecule has 3 rings (SSSR count). The monoisotopic (exact) mass is 421 g/mol. The minimum atomic E-state index is -3.70. The lowest BCUT2D eigenvalue weighted by Gasteiger charge is -2.40. The molecule has 0 bridgehead atoms. The summed E-state index contributed by atoms with van der Waals surface area (Å²) in [6, 6.07) is 6.57. The lowest BCUT2D eigenvalue weighted by atomic mass is 9.77. The first-order chi connectivity index (χ1) is 13.7. The van der Waals surface area contributed by atoms with E-state index in [1.807, 2.05) is 4.90 Å². The van der Waals surface area contributed by atoms with E-state index in [0.29, 0.717) is 31.3 Å². The Labute approximate surface area is 173 Å². The summed E-state index contributed by atoms with van der Waals surface area (Å²) in [5.41, 5.74) is 0.909. The lowest BCUT2D eigenvalue weighted by Crippen LogP contribution is -2.45. The van der Waals surface area contributed by atoms with Crippen LogP contribution < -0.4 is 10.5 Å². The maximum atomic E-state index is 12.6. The van der Waals surface area contributed by atoms with Crippen molar-refractivity contribution in [2.45, 2.75) is 56.9 Å². The van der Waals surface area contributed by atoms with E-state index in [9.17, 15) is 18.0 Å². The van der Waals surface area contributed by atoms with Gasteiger partial charge in [-0.15, -0.1) is 0 Å². The zero-order valence-corrected chi connectivity index (χ0v) is 18.0. The van der Waals surface area contributed by atoms with Crippen LogP contribution >= 0.6 is 0 Å². The van der Waals surface area contributed by atoms with Crippen molar-refractivity contribution < 1.29 is 18.0 Å². The zero-order valence-electron chi connectivity index (χ0n) is 17.1. The fourth-order valence-electron chi connectivity index (χ4n) is 4.54. The van der Waals surface area contributed by atoms with Gasteiger partial charge in [0.15, 0.2) is 0 Å². The van der Waals surface area contributed by atoms with Crippen molar-refractivity contribution in [2.75, 3.05) is 13.1 Å². The molecule has 0 spiro atoms. The van der Waals surface area contributed by atoms with Crippen LogP contribution in [-0.4, -0.2) is 44.3 Å². The van der Waals surface area contributed by atoms with E-state index in [1.165, 1.54) is 18.6 Å². The topological polar surface area (TPSA) is 110 Å². The Bertz CT molecular complexity index is 853. The van der Waals surface area contributed by atoms with Crippen molar-refractivity contribution in [1.29, 1.82) is 0 Å². The first-order valence-corrected chi connectivity index (χ1v) is 11.9. The van der Waals surface area contributed by atoms with Crippen LogP contribution in [0.25, 0.3) is 0 Å². The van der Waals surface area contributed by atoms with Crippen LogP contribution in [-0.2, 0) is 26.0 Å². The summed E-state index contributed by atoms with van der Waals surface area (Å²) in [7, 11) is -3.70. The van der Waals surface area contributed by atoms with Crippen molar-refractivity contribution >= 4 is 21.8 Å². The van der Waals surface area contributed by atoms with Gasteiger partial charge in [0.05, 0.1) is 10.8 Å². The Morgan fingerprint density at radius 2 is 1.90 bits per heavy atom. The molecule has 0 radical (unpaired) electrons. The second-order valence-electron chi connectivity index (χ2n) is 8.51. The van der Waals surface area contributed by atoms with Crippen molar-refractivity contribution in [1.82, 2.24) is 10.2 Å². The molecule has 7 nitrogen and oxygen atoms in total. The summed E-state index contributed by atoms with van der Waals surface area (Å²) < 4.78 is 22.6. The second-order valence-corrected chi connectivity index (χ2v) is 10.1. The Kier molecular flexibility index (Phi) is 6.63. The molecule has 3 N–H and O–H groups in total. The standard InChI is InChI=1S/C21H31N3O4S/c1-14-4-3-5-19(15(14)2)24-13-17(12-20(24)25)21(26)23-11-10-16-6-8-18(9-7-16)29(22,27)28/h6-9,14-15,17,19H,3-5,10-13H2,1-2H3,(H,23,26)(H2,22,27,28). The van der Waals surface area contributed by atoms with Gasteiger partial charge in [0.2, 0.25) is 21.8 Å². The highest BCUT2D eigenvalue weighted by Gasteiger charge is 2.41. The SMILES string of the molecule is CC1CCCC(N2CC(C(=O)NCCc3ccc(S(N)(=O)=O)cc3)CC2=O)C1C. The first-order valence-electron chi connectivity index (χ1n) is 10.4. The summed E-state index contributed by atoms with van der Waals surface area (Å²) in [6.45, 7) is 5.41. The number of nitrogens with two attached hydrogens (primary N) is 1. The molecule has 2 aliphatic rings. The van der Waals surface area contributed by atoms with Gasteiger partial charge in [-0.25, -0.2) is 13.6 Å². The molecule has 1 aromatic rings. The maximum Gasteiger partial charge on any atom is 0.238 e. The van der Waals surface area contributed by atoms with Gasteiger partial charge in [0.1, 0.15) is 0 Å². The Hall–Kier alpha value is -1.93. The Balaban J connectivity index is 1.49. The molecular formula is C21H31N3O4S. The van der Waals surface area contributed by atoms with Crippen LogP contribution in [0, 0.1) is 17.8 Å². The molecule has 2 amide bonds. The summed E-state index contributed by atoms with van der Waals surface area (Å²) in [6.07, 6.45) is 4.24. The number of sulfonamides is 1. The molecule has 29 heavy (non-hydrogen) atoms. The van der Waals surface area contributed by atoms with Gasteiger partial charge in [-0.1, -0.05) is 38.8 Å². The van der Waals surface area contributed by atoms with Gasteiger partial charge in [0, 0.05) is 25.6 Å². The number of benzene rings is 1. The number of rotatable bonds is 6. The highest BCUT2D eigenvalue weighted by Crippen LogP contribution is 2.35. The molecule has 1 saturated heterocycles. The number of carbonyl (C=O) groups is 2. The number of amides is 2. The molecule has 160 valence electrons. The van der Waals surface area contributed by atoms with Crippen molar-refractivity contribution in [2.24, 2.45) is 22.9 Å². The van der Waals surface area contributed by atoms with Gasteiger partial charge in [-0.2, -0.15) is 0 Å². The van der Waals surface area contributed by atoms with E-state index in [2.05, 4.69) is 19.2 Å². The third-order valence-corrected chi connectivity index (χ3v) is 7.49. The summed E-state index contributed by atoms with van der Waals surface area (Å²) >= 11 is 0. The summed E-state index contributed by atoms with van der Waals surface area (Å²) in [4.78, 5) is 27.1. The smallest absolute Gasteiger partial charge is 0.238 e. The van der Waals surface area contributed by atoms with Crippen molar-refractivity contribution in [3.05, 3.63) is 29.8 Å². The highest BCUT2D eigenvalue weighted by atomic mass is 32.2. The molecule has 0 aromatic heterocycles. The van der Waals surface area contributed by atoms with E-state index < -0.39 is 10.0 Å². The lowest BCUT2D eigenvalue weighted by molar-refractivity contribution is -0.132. The van der Waals surface area contributed by atoms with Crippen LogP contribution in [0.4, 0.5) is 0 Å². The number of hydrogen-bond donors (Lipinski definition) is 2. The molecule has 1 saturated carbocycles. The van der Waals surface area contributed by atoms with Crippen molar-refractivity contribution in [3.8, 4) is 0 Å². The predicted molar refractivity (Wildman–Crippen MR) is 110 cm³/mol. The van der Waals surface area contributed by atoms with Gasteiger partial charge in [0.25, 0.3) is 0 Å². The van der Waals surface area contributed by atoms with Gasteiger partial charge >= 0.3 is 0 Å². The van der Waals surface area contributed by atoms with E-state index in [1.54, 1.807) is 12.1 Å². The van der Waals surface area contributed by atoms with E-state index in [0.717, 1.165) is 18.4 Å². The number of hydrogen-bond acceptors (Lipinski definition) is 4. The first kappa shape index (κ1) is 21.8. The third kappa shape index (κ3) is 5.17. The second kappa shape index (κ2) is 8.83. The molecule has 1 aliphatic carbocycles. The number of primary sulfonamides is 1. The molecule has 1 aliphatic heterocycles. The van der Waals surface area contributed by atoms with Crippen LogP contribution in [0.1, 0.15) is 45.1 Å². The number of carbonyl (C=O) groups excluding carboxylic acids is 2. The molecule has 4 atom stereocenters. The molecule has 8 heteroatoms. The van der Waals surface area contributed by atoms with E-state index in [4.69, 9.17) is 5.14 Å². The van der Waals surface area contributed by atoms with Crippen LogP contribution in [0.5, 0.6) is 0 Å². The van der Waals surface area contributed by atoms with Gasteiger partial charge < -0.3 is 10.2 Å². The Morgan fingerprint density at radius 3 is 2.55 bits per heavy atom. The molecule has 4 unspecified atom stereocenters. The minimum Gasteiger partial charge on any atom is -0.355 e. The quantitative estimate of drug-likeness (QED) is 0.728. The molecule has 1 aromatic carbocycles. The predicted octanol–water partition coefficient (Wildman–Crippen LogP) is 1.67. The average Bonchev–Trinajstić information content (AvgIpc) is 3.05. The summed E-state index contributed by atoms with van der Waals surface area (Å²) in [5, 5.41) is 8.01. The highest BCUT2D eigenvalue weighted by molar-refractivity contribution is 7.89. The Morgan fingerprint density at radius 1 is 1.21 bits per heavy atom. The molecule has 1 heterocycles. The van der Waals surface area contributed by atoms with Crippen molar-refractivity contribution in [3.63, 3.8) is 0 Å². The third-order valence-electron chi connectivity index (χ3n) is 6.56. The maximum absolute atomic E-state index is 12.6. The summed E-state index contributed by atoms with van der Waals surface area (Å²) in [5.74, 6) is 0.787. The normalized spacial score (nSPS) is 27.8.